The van der Waals surface area contributed by atoms with Crippen LogP contribution in [-0.2, 0) is 43.1 Å². The van der Waals surface area contributed by atoms with Gasteiger partial charge in [-0.3, -0.25) is 28.9 Å². The molecule has 2 fully saturated rings. The highest BCUT2D eigenvalue weighted by molar-refractivity contribution is 7.81. The predicted octanol–water partition coefficient (Wildman–Crippen LogP) is 6.56. The van der Waals surface area contributed by atoms with Gasteiger partial charge in [0.05, 0.1) is 45.1 Å². The summed E-state index contributed by atoms with van der Waals surface area (Å²) in [5, 5.41) is 28.2. The molecule has 1 aromatic heterocycles. The van der Waals surface area contributed by atoms with E-state index >= 15 is 0 Å². The van der Waals surface area contributed by atoms with Crippen LogP contribution in [0.1, 0.15) is 88.2 Å². The van der Waals surface area contributed by atoms with E-state index in [9.17, 15) is 47.5 Å². The highest BCUT2D eigenvalue weighted by Crippen LogP contribution is 2.40. The number of aliphatic hydroxyl groups excluding tert-OH is 1. The summed E-state index contributed by atoms with van der Waals surface area (Å²) in [5.74, 6) is -2.20. The van der Waals surface area contributed by atoms with Crippen molar-refractivity contribution in [2.45, 2.75) is 110 Å². The molecular weight excluding hydrogens is 906 g/mol. The van der Waals surface area contributed by atoms with Gasteiger partial charge >= 0.3 is 6.18 Å². The Labute approximate surface area is 396 Å². The van der Waals surface area contributed by atoms with Crippen LogP contribution in [0.4, 0.5) is 24.5 Å². The van der Waals surface area contributed by atoms with Crippen LogP contribution in [0.5, 0.6) is 0 Å². The van der Waals surface area contributed by atoms with Crippen molar-refractivity contribution < 1.29 is 42.3 Å². The molecule has 3 atom stereocenters. The molecule has 0 radical (unpaired) electrons. The Morgan fingerprint density at radius 2 is 1.63 bits per heavy atom. The number of β-amino-alcohol motifs (C(OH)–C–C–N with tert-alkyl or cyclic N) is 1. The second-order valence-corrected chi connectivity index (χ2v) is 19.4. The molecule has 0 bridgehead atoms. The Hall–Kier alpha value is -6.23. The molecular formula is C48H53F3N8O6S2. The van der Waals surface area contributed by atoms with Gasteiger partial charge in [0.25, 0.3) is 5.91 Å². The third kappa shape index (κ3) is 11.5. The Bertz CT molecular complexity index is 2570. The Morgan fingerprint density at radius 1 is 0.970 bits per heavy atom. The lowest BCUT2D eigenvalue weighted by molar-refractivity contribution is -0.144. The SMILES string of the molecule is Cc1ncsc1-c1ccc(CNC(=O)[C@@H]2C[C@@H](O)CN2C(=O)[C@@H](NC(=O)CCNC(=O)CCCc2ccc(N3C(=S)N(c4ccc(C#N)c(C(F)(F)F)c4)C(=O)C3(C)C)cc2)C(C)(C)C)cc1. The van der Waals surface area contributed by atoms with Crippen molar-refractivity contribution in [1.29, 1.82) is 5.26 Å². The number of aliphatic hydroxyl groups is 1. The highest BCUT2D eigenvalue weighted by Gasteiger charge is 2.51. The number of carbonyl (C=O) groups is 5. The summed E-state index contributed by atoms with van der Waals surface area (Å²) in [6.45, 7) is 10.7. The monoisotopic (exact) mass is 958 g/mol. The minimum absolute atomic E-state index is 0.0178. The van der Waals surface area contributed by atoms with Gasteiger partial charge in [0.1, 0.15) is 17.6 Å². The molecule has 2 aliphatic heterocycles. The van der Waals surface area contributed by atoms with Crippen molar-refractivity contribution in [3.8, 4) is 16.5 Å². The van der Waals surface area contributed by atoms with Crippen LogP contribution >= 0.6 is 23.6 Å². The number of hydrogen-bond acceptors (Lipinski definition) is 10. The van der Waals surface area contributed by atoms with E-state index in [0.29, 0.717) is 18.5 Å². The first-order valence-corrected chi connectivity index (χ1v) is 23.0. The molecule has 0 saturated carbocycles. The first-order chi connectivity index (χ1) is 31.5. The lowest BCUT2D eigenvalue weighted by atomic mass is 9.85. The second-order valence-electron chi connectivity index (χ2n) is 18.2. The minimum atomic E-state index is -4.82. The molecule has 4 N–H and O–H groups in total. The topological polar surface area (TPSA) is 188 Å². The number of halogens is 3. The predicted molar refractivity (Wildman–Crippen MR) is 251 cm³/mol. The number of aromatic nitrogens is 1. The molecule has 3 heterocycles. The zero-order valence-electron chi connectivity index (χ0n) is 38.0. The normalized spacial score (nSPS) is 17.6. The van der Waals surface area contributed by atoms with E-state index in [1.807, 2.05) is 43.3 Å². The van der Waals surface area contributed by atoms with Crippen molar-refractivity contribution in [3.05, 3.63) is 100 Å². The van der Waals surface area contributed by atoms with Crippen LogP contribution in [0, 0.1) is 23.7 Å². The van der Waals surface area contributed by atoms with E-state index in [0.717, 1.165) is 44.3 Å². The summed E-state index contributed by atoms with van der Waals surface area (Å²) in [6, 6.07) is 17.4. The highest BCUT2D eigenvalue weighted by atomic mass is 32.1. The Kier molecular flexibility index (Phi) is 15.2. The standard InChI is InChI=1S/C48H53F3N8O6S2/c1-28-40(67-27-55-28)31-14-10-30(11-15-31)25-54-42(63)37-23-35(60)26-57(37)43(64)41(46(2,3)4)56-39(62)20-21-53-38(61)9-7-8-29-12-17-33(18-13-29)59-45(66)58(44(65)47(59,5)6)34-19-16-32(24-52)36(22-34)48(49,50)51/h10-19,22,27,35,37,41,60H,7-9,20-21,23,25-26H2,1-6H3,(H,53,61)(H,54,63)(H,56,62)/t35-,37+,41-/m1/s1. The first-order valence-electron chi connectivity index (χ1n) is 21.7. The van der Waals surface area contributed by atoms with Crippen molar-refractivity contribution in [1.82, 2.24) is 25.8 Å². The van der Waals surface area contributed by atoms with Crippen LogP contribution < -0.4 is 25.8 Å². The van der Waals surface area contributed by atoms with Gasteiger partial charge in [-0.05, 0) is 98.3 Å². The quantitative estimate of drug-likeness (QED) is 0.0951. The summed E-state index contributed by atoms with van der Waals surface area (Å²) in [4.78, 5) is 76.2. The first kappa shape index (κ1) is 50.2. The number of benzene rings is 3. The van der Waals surface area contributed by atoms with E-state index in [4.69, 9.17) is 12.2 Å². The average molecular weight is 959 g/mol. The van der Waals surface area contributed by atoms with Gasteiger partial charge in [-0.15, -0.1) is 11.3 Å². The van der Waals surface area contributed by atoms with Gasteiger partial charge < -0.3 is 30.9 Å². The zero-order valence-corrected chi connectivity index (χ0v) is 39.6. The molecule has 2 aliphatic rings. The number of nitrogens with one attached hydrogen (secondary N) is 3. The molecule has 3 aromatic carbocycles. The fourth-order valence-electron chi connectivity index (χ4n) is 8.14. The molecule has 4 aromatic rings. The number of nitrogens with zero attached hydrogens (tertiary/aromatic N) is 5. The maximum atomic E-state index is 14.0. The van der Waals surface area contributed by atoms with Gasteiger partial charge in [-0.2, -0.15) is 18.4 Å². The fraction of sp³-hybridized carbons (Fsp3) is 0.417. The van der Waals surface area contributed by atoms with Crippen molar-refractivity contribution >= 4 is 69.6 Å². The third-order valence-corrected chi connectivity index (χ3v) is 13.1. The number of likely N-dealkylation sites (tertiary alicyclic amines) is 1. The van der Waals surface area contributed by atoms with Crippen LogP contribution in [0.15, 0.2) is 72.2 Å². The van der Waals surface area contributed by atoms with Gasteiger partial charge in [-0.1, -0.05) is 57.2 Å². The average Bonchev–Trinajstić information content (AvgIpc) is 3.93. The molecule has 6 rings (SSSR count). The fourth-order valence-corrected chi connectivity index (χ4v) is 9.48. The summed E-state index contributed by atoms with van der Waals surface area (Å²) < 4.78 is 41.2. The molecule has 0 aliphatic carbocycles. The smallest absolute Gasteiger partial charge is 0.391 e. The molecule has 67 heavy (non-hydrogen) atoms. The summed E-state index contributed by atoms with van der Waals surface area (Å²) in [6.07, 6.45) is -4.66. The Morgan fingerprint density at radius 3 is 2.24 bits per heavy atom. The number of hydrogen-bond donors (Lipinski definition) is 4. The van der Waals surface area contributed by atoms with Crippen LogP contribution in [-0.4, -0.2) is 86.5 Å². The number of amides is 5. The van der Waals surface area contributed by atoms with Gasteiger partial charge in [-0.25, -0.2) is 4.98 Å². The number of nitriles is 1. The number of anilines is 2. The lowest BCUT2D eigenvalue weighted by Gasteiger charge is -2.35. The summed E-state index contributed by atoms with van der Waals surface area (Å²) >= 11 is 7.18. The molecule has 0 unspecified atom stereocenters. The van der Waals surface area contributed by atoms with Crippen molar-refractivity contribution in [3.63, 3.8) is 0 Å². The van der Waals surface area contributed by atoms with E-state index in [2.05, 4.69) is 20.9 Å². The Balaban J connectivity index is 0.961. The number of carbonyl (C=O) groups excluding carboxylic acids is 5. The molecule has 5 amide bonds. The second kappa shape index (κ2) is 20.3. The van der Waals surface area contributed by atoms with E-state index in [1.54, 1.807) is 68.5 Å². The number of alkyl halides is 3. The summed E-state index contributed by atoms with van der Waals surface area (Å²) in [5.41, 5.74) is 2.16. The van der Waals surface area contributed by atoms with E-state index < -0.39 is 70.1 Å². The molecule has 19 heteroatoms. The largest absolute Gasteiger partial charge is 0.417 e. The zero-order chi connectivity index (χ0) is 49.0. The molecule has 2 saturated heterocycles. The molecule has 14 nitrogen and oxygen atoms in total. The van der Waals surface area contributed by atoms with E-state index in [-0.39, 0.29) is 55.6 Å². The van der Waals surface area contributed by atoms with Gasteiger partial charge in [0.15, 0.2) is 5.11 Å². The maximum Gasteiger partial charge on any atom is 0.417 e. The minimum Gasteiger partial charge on any atom is -0.391 e. The van der Waals surface area contributed by atoms with E-state index in [1.165, 1.54) is 17.0 Å². The molecule has 354 valence electrons. The number of rotatable bonds is 15. The van der Waals surface area contributed by atoms with Crippen molar-refractivity contribution in [2.75, 3.05) is 22.9 Å². The molecule has 0 spiro atoms. The number of aryl methyl sites for hydroxylation is 2. The lowest BCUT2D eigenvalue weighted by Crippen LogP contribution is -2.57. The van der Waals surface area contributed by atoms with Crippen LogP contribution in [0.25, 0.3) is 10.4 Å². The van der Waals surface area contributed by atoms with Gasteiger partial charge in [0, 0.05) is 44.6 Å². The number of thiocarbonyl (C=S) groups is 1. The van der Waals surface area contributed by atoms with Crippen molar-refractivity contribution in [2.24, 2.45) is 5.41 Å². The number of thiazole rings is 1. The van der Waals surface area contributed by atoms with Crippen LogP contribution in [0.2, 0.25) is 0 Å². The third-order valence-electron chi connectivity index (χ3n) is 11.8. The maximum absolute atomic E-state index is 14.0. The summed E-state index contributed by atoms with van der Waals surface area (Å²) in [7, 11) is 0. The van der Waals surface area contributed by atoms with Gasteiger partial charge in [0.2, 0.25) is 23.6 Å². The van der Waals surface area contributed by atoms with Crippen LogP contribution in [0.3, 0.4) is 0 Å².